The molecule has 1 aromatic heterocycles. The van der Waals surface area contributed by atoms with E-state index in [4.69, 9.17) is 13.9 Å². The topological polar surface area (TPSA) is 133 Å². The number of nitrogens with zero attached hydrogens (tertiary/aromatic N) is 1. The lowest BCUT2D eigenvalue weighted by atomic mass is 10.1. The largest absolute Gasteiger partial charge is 0.495 e. The first-order chi connectivity index (χ1) is 15.9. The van der Waals surface area contributed by atoms with E-state index in [9.17, 15) is 19.7 Å². The number of hydrogen-bond donors (Lipinski definition) is 2. The van der Waals surface area contributed by atoms with E-state index in [0.717, 1.165) is 16.8 Å². The fourth-order valence-corrected chi connectivity index (χ4v) is 3.44. The summed E-state index contributed by atoms with van der Waals surface area (Å²) in [7, 11) is 3.00. The molecule has 1 heterocycles. The summed E-state index contributed by atoms with van der Waals surface area (Å²) in [5.74, 6) is -1.07. The van der Waals surface area contributed by atoms with Gasteiger partial charge >= 0.3 is 5.97 Å². The minimum Gasteiger partial charge on any atom is -0.495 e. The number of hydrogen-bond acceptors (Lipinski definition) is 8. The minimum atomic E-state index is -0.865. The average Bonchev–Trinajstić information content (AvgIpc) is 3.18. The van der Waals surface area contributed by atoms with Gasteiger partial charge < -0.3 is 24.5 Å². The highest BCUT2D eigenvalue weighted by Crippen LogP contribution is 2.36. The molecule has 0 aliphatic rings. The van der Waals surface area contributed by atoms with Gasteiger partial charge in [-0.1, -0.05) is 18.2 Å². The number of furan rings is 1. The Balaban J connectivity index is 1.48. The third-order valence-corrected chi connectivity index (χ3v) is 5.01. The highest BCUT2D eigenvalue weighted by Gasteiger charge is 2.19. The summed E-state index contributed by atoms with van der Waals surface area (Å²) in [6.07, 6.45) is 0. The molecule has 0 saturated carbocycles. The van der Waals surface area contributed by atoms with Crippen LogP contribution in [-0.4, -0.2) is 37.6 Å². The van der Waals surface area contributed by atoms with Crippen LogP contribution < -0.4 is 15.4 Å². The molecule has 168 valence electrons. The van der Waals surface area contributed by atoms with Crippen molar-refractivity contribution in [3.05, 3.63) is 70.3 Å². The molecule has 33 heavy (non-hydrogen) atoms. The number of para-hydroxylation sites is 1. The van der Waals surface area contributed by atoms with Crippen LogP contribution in [-0.2, 0) is 9.53 Å². The Morgan fingerprint density at radius 2 is 1.82 bits per heavy atom. The van der Waals surface area contributed by atoms with Crippen LogP contribution in [0.5, 0.6) is 5.75 Å². The molecule has 0 saturated heterocycles. The average molecular weight is 449 g/mol. The fourth-order valence-electron chi connectivity index (χ4n) is 3.44. The van der Waals surface area contributed by atoms with Crippen molar-refractivity contribution < 1.29 is 28.4 Å². The molecule has 1 amide bonds. The van der Waals surface area contributed by atoms with E-state index >= 15 is 0 Å². The van der Waals surface area contributed by atoms with Crippen LogP contribution in [0.3, 0.4) is 0 Å². The predicted molar refractivity (Wildman–Crippen MR) is 122 cm³/mol. The van der Waals surface area contributed by atoms with E-state index in [-0.39, 0.29) is 16.9 Å². The predicted octanol–water partition coefficient (Wildman–Crippen LogP) is 4.34. The molecule has 3 aromatic carbocycles. The second-order valence-electron chi connectivity index (χ2n) is 7.01. The lowest BCUT2D eigenvalue weighted by Crippen LogP contribution is -2.21. The SMILES string of the molecule is CNc1ccc(C(=O)OCC(=O)Nc2cc3oc4ccccc4c3cc2OC)cc1[N+](=O)[O-]. The van der Waals surface area contributed by atoms with Crippen LogP contribution in [0.2, 0.25) is 0 Å². The lowest BCUT2D eigenvalue weighted by Gasteiger charge is -2.11. The van der Waals surface area contributed by atoms with Crippen molar-refractivity contribution in [2.75, 3.05) is 31.4 Å². The molecule has 10 nitrogen and oxygen atoms in total. The van der Waals surface area contributed by atoms with Crippen LogP contribution >= 0.6 is 0 Å². The summed E-state index contributed by atoms with van der Waals surface area (Å²) >= 11 is 0. The number of carbonyl (C=O) groups is 2. The molecule has 10 heteroatoms. The molecule has 0 radical (unpaired) electrons. The molecule has 0 aliphatic carbocycles. The Bertz CT molecular complexity index is 1390. The van der Waals surface area contributed by atoms with Crippen LogP contribution in [0.4, 0.5) is 17.1 Å². The fraction of sp³-hybridized carbons (Fsp3) is 0.130. The number of methoxy groups -OCH3 is 1. The first kappa shape index (κ1) is 21.6. The second kappa shape index (κ2) is 8.87. The minimum absolute atomic E-state index is 0.0465. The summed E-state index contributed by atoms with van der Waals surface area (Å²) in [5, 5.41) is 18.2. The van der Waals surface area contributed by atoms with Crippen LogP contribution in [0.15, 0.2) is 59.0 Å². The van der Waals surface area contributed by atoms with E-state index in [1.807, 2.05) is 24.3 Å². The molecular weight excluding hydrogens is 430 g/mol. The van der Waals surface area contributed by atoms with Gasteiger partial charge in [0.15, 0.2) is 6.61 Å². The van der Waals surface area contributed by atoms with Gasteiger partial charge in [-0.05, 0) is 24.3 Å². The van der Waals surface area contributed by atoms with Crippen molar-refractivity contribution >= 4 is 50.9 Å². The Labute approximate surface area is 187 Å². The Hall–Kier alpha value is -4.60. The normalized spacial score (nSPS) is 10.7. The summed E-state index contributed by atoms with van der Waals surface area (Å²) in [5.41, 5.74) is 1.53. The molecule has 4 aromatic rings. The zero-order valence-corrected chi connectivity index (χ0v) is 17.7. The molecule has 0 bridgehead atoms. The maximum absolute atomic E-state index is 12.4. The molecule has 0 spiro atoms. The highest BCUT2D eigenvalue weighted by molar-refractivity contribution is 6.08. The molecule has 0 fully saturated rings. The lowest BCUT2D eigenvalue weighted by molar-refractivity contribution is -0.384. The van der Waals surface area contributed by atoms with Crippen LogP contribution in [0, 0.1) is 10.1 Å². The molecule has 0 aliphatic heterocycles. The molecular formula is C23H19N3O7. The maximum Gasteiger partial charge on any atom is 0.338 e. The standard InChI is InChI=1S/C23H19N3O7/c1-24-16-8-7-13(9-18(16)26(29)30)23(28)32-12-22(27)25-17-11-20-15(10-21(17)31-2)14-5-3-4-6-19(14)33-20/h3-11,24H,12H2,1-2H3,(H,25,27). The van der Waals surface area contributed by atoms with Crippen LogP contribution in [0.25, 0.3) is 21.9 Å². The number of anilines is 2. The Morgan fingerprint density at radius 1 is 1.03 bits per heavy atom. The van der Waals surface area contributed by atoms with E-state index in [0.29, 0.717) is 22.6 Å². The number of benzene rings is 3. The van der Waals surface area contributed by atoms with Crippen molar-refractivity contribution in [2.45, 2.75) is 0 Å². The summed E-state index contributed by atoms with van der Waals surface area (Å²) in [4.78, 5) is 35.2. The van der Waals surface area contributed by atoms with Gasteiger partial charge in [0.1, 0.15) is 22.6 Å². The van der Waals surface area contributed by atoms with Crippen LogP contribution in [0.1, 0.15) is 10.4 Å². The van der Waals surface area contributed by atoms with Gasteiger partial charge in [-0.2, -0.15) is 0 Å². The van der Waals surface area contributed by atoms with Gasteiger partial charge in [0.05, 0.1) is 23.3 Å². The first-order valence-corrected chi connectivity index (χ1v) is 9.83. The number of amides is 1. The summed E-state index contributed by atoms with van der Waals surface area (Å²) in [6, 6.07) is 14.8. The monoisotopic (exact) mass is 449 g/mol. The number of fused-ring (bicyclic) bond motifs is 3. The Morgan fingerprint density at radius 3 is 2.55 bits per heavy atom. The number of nitro groups is 1. The van der Waals surface area contributed by atoms with Crippen molar-refractivity contribution in [1.82, 2.24) is 0 Å². The summed E-state index contributed by atoms with van der Waals surface area (Å²) in [6.45, 7) is -0.596. The van der Waals surface area contributed by atoms with Gasteiger partial charge in [-0.25, -0.2) is 4.79 Å². The molecule has 0 unspecified atom stereocenters. The van der Waals surface area contributed by atoms with E-state index in [2.05, 4.69) is 10.6 Å². The number of ether oxygens (including phenoxy) is 2. The van der Waals surface area contributed by atoms with Gasteiger partial charge in [-0.15, -0.1) is 0 Å². The van der Waals surface area contributed by atoms with Crippen molar-refractivity contribution in [2.24, 2.45) is 0 Å². The zero-order valence-electron chi connectivity index (χ0n) is 17.7. The van der Waals surface area contributed by atoms with E-state index < -0.39 is 23.4 Å². The Kier molecular flexibility index (Phi) is 5.81. The van der Waals surface area contributed by atoms with Gasteiger partial charge in [0.2, 0.25) is 0 Å². The quantitative estimate of drug-likeness (QED) is 0.242. The van der Waals surface area contributed by atoms with Gasteiger partial charge in [0, 0.05) is 30.0 Å². The van der Waals surface area contributed by atoms with Gasteiger partial charge in [0.25, 0.3) is 11.6 Å². The highest BCUT2D eigenvalue weighted by atomic mass is 16.6. The van der Waals surface area contributed by atoms with Crippen molar-refractivity contribution in [1.29, 1.82) is 0 Å². The third kappa shape index (κ3) is 4.26. The molecule has 4 rings (SSSR count). The summed E-state index contributed by atoms with van der Waals surface area (Å²) < 4.78 is 16.2. The second-order valence-corrected chi connectivity index (χ2v) is 7.01. The van der Waals surface area contributed by atoms with E-state index in [1.54, 1.807) is 12.1 Å². The van der Waals surface area contributed by atoms with E-state index in [1.165, 1.54) is 26.3 Å². The smallest absolute Gasteiger partial charge is 0.338 e. The van der Waals surface area contributed by atoms with Gasteiger partial charge in [-0.3, -0.25) is 14.9 Å². The number of carbonyl (C=O) groups excluding carboxylic acids is 2. The van der Waals surface area contributed by atoms with Crippen molar-refractivity contribution in [3.8, 4) is 5.75 Å². The number of esters is 1. The maximum atomic E-state index is 12.4. The van der Waals surface area contributed by atoms with Crippen molar-refractivity contribution in [3.63, 3.8) is 0 Å². The number of rotatable bonds is 7. The molecule has 0 atom stereocenters. The number of nitro benzene ring substituents is 1. The zero-order chi connectivity index (χ0) is 23.5. The number of nitrogens with one attached hydrogen (secondary N) is 2. The molecule has 2 N–H and O–H groups in total. The first-order valence-electron chi connectivity index (χ1n) is 9.83. The third-order valence-electron chi connectivity index (χ3n) is 5.01.